The van der Waals surface area contributed by atoms with E-state index in [9.17, 15) is 4.79 Å². The fourth-order valence-corrected chi connectivity index (χ4v) is 3.19. The van der Waals surface area contributed by atoms with Crippen molar-refractivity contribution in [1.82, 2.24) is 15.5 Å². The fraction of sp³-hybridized carbons (Fsp3) is 0.750. The number of nitrogens with zero attached hydrogens (tertiary/aromatic N) is 2. The van der Waals surface area contributed by atoms with Crippen LogP contribution in [-0.2, 0) is 4.79 Å². The number of carbonyl (C=O) groups excluding carboxylic acids is 1. The Kier molecular flexibility index (Phi) is 11.8. The Morgan fingerprint density at radius 2 is 2.09 bits per heavy atom. The highest BCUT2D eigenvalue weighted by Gasteiger charge is 2.22. The first-order chi connectivity index (χ1) is 10.4. The lowest BCUT2D eigenvalue weighted by Gasteiger charge is -2.30. The van der Waals surface area contributed by atoms with Crippen LogP contribution in [0.25, 0.3) is 0 Å². The summed E-state index contributed by atoms with van der Waals surface area (Å²) in [4.78, 5) is 17.7. The summed E-state index contributed by atoms with van der Waals surface area (Å²) >= 11 is 1.94. The van der Waals surface area contributed by atoms with Gasteiger partial charge >= 0.3 is 0 Å². The predicted octanol–water partition coefficient (Wildman–Crippen LogP) is 2.48. The van der Waals surface area contributed by atoms with Crippen LogP contribution in [0.15, 0.2) is 17.1 Å². The van der Waals surface area contributed by atoms with E-state index in [-0.39, 0.29) is 36.4 Å². The molecule has 0 saturated heterocycles. The maximum Gasteiger partial charge on any atom is 0.243 e. The number of carbonyl (C=O) groups is 1. The quantitative estimate of drug-likeness (QED) is 0.280. The van der Waals surface area contributed by atoms with Gasteiger partial charge in [-0.25, -0.2) is 4.99 Å². The Balaban J connectivity index is 0.00000484. The molecule has 0 heterocycles. The fourth-order valence-electron chi connectivity index (χ4n) is 2.36. The maximum atomic E-state index is 11.7. The molecule has 0 spiro atoms. The van der Waals surface area contributed by atoms with Crippen LogP contribution in [0.1, 0.15) is 32.6 Å². The minimum Gasteiger partial charge on any atom is -0.354 e. The number of thioether (sulfide) groups is 1. The second-order valence-corrected chi connectivity index (χ2v) is 7.27. The van der Waals surface area contributed by atoms with Crippen molar-refractivity contribution in [2.24, 2.45) is 4.99 Å². The van der Waals surface area contributed by atoms with Crippen LogP contribution in [0.2, 0.25) is 0 Å². The van der Waals surface area contributed by atoms with E-state index in [0.717, 1.165) is 23.7 Å². The van der Waals surface area contributed by atoms with Crippen molar-refractivity contribution in [2.75, 3.05) is 33.4 Å². The molecular weight excluding hydrogens is 423 g/mol. The van der Waals surface area contributed by atoms with Crippen LogP contribution in [0.3, 0.4) is 0 Å². The molecule has 1 fully saturated rings. The summed E-state index contributed by atoms with van der Waals surface area (Å²) < 4.78 is 0. The van der Waals surface area contributed by atoms with Crippen LogP contribution < -0.4 is 10.6 Å². The Morgan fingerprint density at radius 1 is 1.39 bits per heavy atom. The molecule has 23 heavy (non-hydrogen) atoms. The van der Waals surface area contributed by atoms with Crippen LogP contribution in [0.5, 0.6) is 0 Å². The number of halogens is 1. The van der Waals surface area contributed by atoms with E-state index in [1.54, 1.807) is 19.0 Å². The molecule has 0 aromatic rings. The molecule has 0 aliphatic heterocycles. The maximum absolute atomic E-state index is 11.7. The van der Waals surface area contributed by atoms with Gasteiger partial charge < -0.3 is 15.5 Å². The third-order valence-electron chi connectivity index (χ3n) is 3.73. The lowest BCUT2D eigenvalue weighted by molar-refractivity contribution is -0.127. The number of rotatable bonds is 6. The van der Waals surface area contributed by atoms with Gasteiger partial charge in [-0.2, -0.15) is 11.8 Å². The van der Waals surface area contributed by atoms with E-state index in [2.05, 4.69) is 28.5 Å². The van der Waals surface area contributed by atoms with Gasteiger partial charge in [0.15, 0.2) is 5.96 Å². The third-order valence-corrected chi connectivity index (χ3v) is 4.82. The normalized spacial score (nSPS) is 21.1. The standard InChI is InChI=1S/C16H30N4OS.HI/c1-12(2)10-17-16(18-11-15(21)20(3)4)19-13-7-6-8-14(9-13)22-5;/h13-14H,1,6-11H2,2-5H3,(H2,17,18,19);1H. The molecule has 0 aromatic heterocycles. The average Bonchev–Trinajstić information content (AvgIpc) is 2.49. The molecule has 0 radical (unpaired) electrons. The topological polar surface area (TPSA) is 56.7 Å². The molecule has 1 amide bonds. The molecule has 5 nitrogen and oxygen atoms in total. The number of hydrogen-bond acceptors (Lipinski definition) is 3. The molecule has 1 aliphatic rings. The highest BCUT2D eigenvalue weighted by atomic mass is 127. The summed E-state index contributed by atoms with van der Waals surface area (Å²) in [5.74, 6) is 0.715. The SMILES string of the molecule is C=C(C)CNC(=NCC(=O)N(C)C)NC1CCCC(SC)C1.I. The van der Waals surface area contributed by atoms with Gasteiger partial charge in [-0.05, 0) is 32.4 Å². The van der Waals surface area contributed by atoms with Gasteiger partial charge in [0.05, 0.1) is 0 Å². The number of aliphatic imine (C=N–C) groups is 1. The van der Waals surface area contributed by atoms with Crippen LogP contribution in [0, 0.1) is 0 Å². The first-order valence-electron chi connectivity index (χ1n) is 7.84. The van der Waals surface area contributed by atoms with Crippen molar-refractivity contribution in [3.63, 3.8) is 0 Å². The van der Waals surface area contributed by atoms with Gasteiger partial charge in [-0.3, -0.25) is 4.79 Å². The smallest absolute Gasteiger partial charge is 0.243 e. The van der Waals surface area contributed by atoms with E-state index >= 15 is 0 Å². The van der Waals surface area contributed by atoms with Crippen molar-refractivity contribution in [1.29, 1.82) is 0 Å². The molecule has 1 saturated carbocycles. The van der Waals surface area contributed by atoms with Crippen molar-refractivity contribution in [3.05, 3.63) is 12.2 Å². The second-order valence-electron chi connectivity index (χ2n) is 6.13. The highest BCUT2D eigenvalue weighted by molar-refractivity contribution is 14.0. The monoisotopic (exact) mass is 454 g/mol. The number of guanidine groups is 1. The van der Waals surface area contributed by atoms with E-state index in [0.29, 0.717) is 18.5 Å². The summed E-state index contributed by atoms with van der Waals surface area (Å²) in [5.41, 5.74) is 1.04. The lowest BCUT2D eigenvalue weighted by atomic mass is 9.95. The van der Waals surface area contributed by atoms with Crippen LogP contribution >= 0.6 is 35.7 Å². The zero-order chi connectivity index (χ0) is 16.5. The molecule has 7 heteroatoms. The van der Waals surface area contributed by atoms with Crippen molar-refractivity contribution in [3.8, 4) is 0 Å². The average molecular weight is 454 g/mol. The van der Waals surface area contributed by atoms with E-state index < -0.39 is 0 Å². The molecule has 0 aromatic carbocycles. The summed E-state index contributed by atoms with van der Waals surface area (Å²) in [5, 5.41) is 7.46. The Hall–Kier alpha value is -0.440. The minimum absolute atomic E-state index is 0. The number of likely N-dealkylation sites (N-methyl/N-ethyl adjacent to an activating group) is 1. The summed E-state index contributed by atoms with van der Waals surface area (Å²) in [6, 6.07) is 0.428. The van der Waals surface area contributed by atoms with E-state index in [1.807, 2.05) is 18.7 Å². The third kappa shape index (κ3) is 9.44. The van der Waals surface area contributed by atoms with Crippen LogP contribution in [-0.4, -0.2) is 61.5 Å². The summed E-state index contributed by atoms with van der Waals surface area (Å²) in [6.45, 7) is 6.70. The first kappa shape index (κ1) is 22.6. The minimum atomic E-state index is 0. The summed E-state index contributed by atoms with van der Waals surface area (Å²) in [6.07, 6.45) is 7.03. The molecule has 134 valence electrons. The Labute approximate surface area is 162 Å². The first-order valence-corrected chi connectivity index (χ1v) is 9.13. The van der Waals surface area contributed by atoms with Gasteiger partial charge in [-0.1, -0.05) is 18.6 Å². The van der Waals surface area contributed by atoms with Crippen molar-refractivity contribution in [2.45, 2.75) is 43.9 Å². The van der Waals surface area contributed by atoms with Crippen molar-refractivity contribution >= 4 is 47.6 Å². The molecule has 2 unspecified atom stereocenters. The second kappa shape index (κ2) is 12.0. The number of nitrogens with one attached hydrogen (secondary N) is 2. The molecule has 2 atom stereocenters. The van der Waals surface area contributed by atoms with Gasteiger partial charge in [0.2, 0.25) is 5.91 Å². The Bertz CT molecular complexity index is 415. The highest BCUT2D eigenvalue weighted by Crippen LogP contribution is 2.26. The van der Waals surface area contributed by atoms with Crippen LogP contribution in [0.4, 0.5) is 0 Å². The molecule has 2 N–H and O–H groups in total. The van der Waals surface area contributed by atoms with Gasteiger partial charge in [0.1, 0.15) is 6.54 Å². The summed E-state index contributed by atoms with van der Waals surface area (Å²) in [7, 11) is 3.49. The molecular formula is C16H31IN4OS. The molecule has 1 aliphatic carbocycles. The van der Waals surface area contributed by atoms with Gasteiger partial charge in [-0.15, -0.1) is 24.0 Å². The van der Waals surface area contributed by atoms with Gasteiger partial charge in [0.25, 0.3) is 0 Å². The molecule has 0 bridgehead atoms. The lowest BCUT2D eigenvalue weighted by Crippen LogP contribution is -2.46. The number of hydrogen-bond donors (Lipinski definition) is 2. The largest absolute Gasteiger partial charge is 0.354 e. The zero-order valence-corrected chi connectivity index (χ0v) is 17.9. The Morgan fingerprint density at radius 3 is 2.65 bits per heavy atom. The van der Waals surface area contributed by atoms with E-state index in [4.69, 9.17) is 0 Å². The number of amides is 1. The molecule has 1 rings (SSSR count). The van der Waals surface area contributed by atoms with Crippen molar-refractivity contribution < 1.29 is 4.79 Å². The van der Waals surface area contributed by atoms with E-state index in [1.165, 1.54) is 12.8 Å². The van der Waals surface area contributed by atoms with Gasteiger partial charge in [0, 0.05) is 31.9 Å². The predicted molar refractivity (Wildman–Crippen MR) is 112 cm³/mol. The zero-order valence-electron chi connectivity index (χ0n) is 14.7.